The van der Waals surface area contributed by atoms with Gasteiger partial charge in [-0.3, -0.25) is 0 Å². The molecule has 1 aromatic carbocycles. The van der Waals surface area contributed by atoms with Crippen molar-refractivity contribution in [3.8, 4) is 11.5 Å². The van der Waals surface area contributed by atoms with Gasteiger partial charge in [-0.1, -0.05) is 6.07 Å². The average Bonchev–Trinajstić information content (AvgIpc) is 2.44. The van der Waals surface area contributed by atoms with Crippen LogP contribution in [-0.4, -0.2) is 44.2 Å². The van der Waals surface area contributed by atoms with E-state index >= 15 is 0 Å². The van der Waals surface area contributed by atoms with Crippen molar-refractivity contribution in [2.24, 2.45) is 0 Å². The average molecular weight is 307 g/mol. The molecule has 0 aliphatic rings. The monoisotopic (exact) mass is 307 g/mol. The van der Waals surface area contributed by atoms with Crippen molar-refractivity contribution in [2.45, 2.75) is 25.1 Å². The Bertz CT molecular complexity index is 465. The maximum Gasteiger partial charge on any atom is 0.401 e. The summed E-state index contributed by atoms with van der Waals surface area (Å²) in [7, 11) is 2.98. The van der Waals surface area contributed by atoms with Crippen molar-refractivity contribution in [1.29, 1.82) is 0 Å². The molecule has 0 aliphatic heterocycles. The van der Waals surface area contributed by atoms with Gasteiger partial charge in [-0.05, 0) is 31.0 Å². The van der Waals surface area contributed by atoms with Crippen LogP contribution in [0.15, 0.2) is 18.2 Å². The van der Waals surface area contributed by atoms with Crippen molar-refractivity contribution in [2.75, 3.05) is 27.4 Å². The van der Waals surface area contributed by atoms with Crippen LogP contribution < -0.4 is 14.8 Å². The third-order valence-corrected chi connectivity index (χ3v) is 3.11. The number of rotatable bonds is 7. The molecule has 4 nitrogen and oxygen atoms in total. The van der Waals surface area contributed by atoms with Crippen LogP contribution in [0, 0.1) is 0 Å². The number of hydrogen-bond donors (Lipinski definition) is 2. The Labute approximate surface area is 121 Å². The van der Waals surface area contributed by atoms with Gasteiger partial charge in [0.15, 0.2) is 11.5 Å². The zero-order valence-corrected chi connectivity index (χ0v) is 12.3. The van der Waals surface area contributed by atoms with Crippen molar-refractivity contribution in [3.05, 3.63) is 23.8 Å². The van der Waals surface area contributed by atoms with E-state index in [0.717, 1.165) is 5.56 Å². The van der Waals surface area contributed by atoms with Gasteiger partial charge in [0.1, 0.15) is 0 Å². The van der Waals surface area contributed by atoms with Crippen LogP contribution in [0.3, 0.4) is 0 Å². The van der Waals surface area contributed by atoms with Crippen molar-refractivity contribution < 1.29 is 27.8 Å². The number of ether oxygens (including phenoxy) is 2. The summed E-state index contributed by atoms with van der Waals surface area (Å²) in [5.74, 6) is 1.03. The third kappa shape index (κ3) is 5.43. The Hall–Kier alpha value is -1.47. The van der Waals surface area contributed by atoms with Crippen molar-refractivity contribution in [3.63, 3.8) is 0 Å². The maximum absolute atomic E-state index is 12.3. The van der Waals surface area contributed by atoms with Crippen LogP contribution in [0.4, 0.5) is 13.2 Å². The van der Waals surface area contributed by atoms with E-state index in [4.69, 9.17) is 9.47 Å². The topological polar surface area (TPSA) is 50.7 Å². The lowest BCUT2D eigenvalue weighted by Crippen LogP contribution is -2.51. The molecule has 1 unspecified atom stereocenters. The smallest absolute Gasteiger partial charge is 0.401 e. The summed E-state index contributed by atoms with van der Waals surface area (Å²) in [4.78, 5) is 0. The second kappa shape index (κ2) is 7.00. The lowest BCUT2D eigenvalue weighted by Gasteiger charge is -2.29. The largest absolute Gasteiger partial charge is 0.493 e. The highest BCUT2D eigenvalue weighted by Gasteiger charge is 2.32. The van der Waals surface area contributed by atoms with Crippen molar-refractivity contribution in [1.82, 2.24) is 5.32 Å². The quantitative estimate of drug-likeness (QED) is 0.810. The van der Waals surface area contributed by atoms with E-state index in [0.29, 0.717) is 11.5 Å². The van der Waals surface area contributed by atoms with Crippen LogP contribution in [0.1, 0.15) is 12.5 Å². The fourth-order valence-electron chi connectivity index (χ4n) is 1.93. The molecule has 0 fully saturated rings. The molecule has 0 bridgehead atoms. The Morgan fingerprint density at radius 2 is 1.76 bits per heavy atom. The SMILES string of the molecule is COc1ccc(CC(C)(CO)NCC(F)(F)F)cc1OC. The van der Waals surface area contributed by atoms with Gasteiger partial charge in [0.05, 0.1) is 27.4 Å². The minimum Gasteiger partial charge on any atom is -0.493 e. The molecule has 0 amide bonds. The molecular weight excluding hydrogens is 287 g/mol. The zero-order valence-electron chi connectivity index (χ0n) is 12.3. The number of aliphatic hydroxyl groups is 1. The second-order valence-electron chi connectivity index (χ2n) is 5.05. The summed E-state index contributed by atoms with van der Waals surface area (Å²) in [5, 5.41) is 11.7. The Kier molecular flexibility index (Phi) is 5.86. The maximum atomic E-state index is 12.3. The molecule has 7 heteroatoms. The highest BCUT2D eigenvalue weighted by atomic mass is 19.4. The van der Waals surface area contributed by atoms with E-state index in [2.05, 4.69) is 5.32 Å². The molecule has 0 aliphatic carbocycles. The minimum atomic E-state index is -4.33. The van der Waals surface area contributed by atoms with E-state index < -0.39 is 24.9 Å². The standard InChI is InChI=1S/C14H20F3NO3/c1-13(9-19,18-8-14(15,16)17)7-10-4-5-11(20-2)12(6-10)21-3/h4-6,18-19H,7-9H2,1-3H3. The lowest BCUT2D eigenvalue weighted by molar-refractivity contribution is -0.129. The molecule has 0 heterocycles. The van der Waals surface area contributed by atoms with Crippen LogP contribution >= 0.6 is 0 Å². The van der Waals surface area contributed by atoms with Gasteiger partial charge < -0.3 is 19.9 Å². The molecule has 0 saturated heterocycles. The lowest BCUT2D eigenvalue weighted by atomic mass is 9.93. The number of nitrogens with one attached hydrogen (secondary N) is 1. The first kappa shape index (κ1) is 17.6. The number of halogens is 3. The first-order chi connectivity index (χ1) is 9.73. The number of hydrogen-bond acceptors (Lipinski definition) is 4. The molecule has 0 saturated carbocycles. The summed E-state index contributed by atoms with van der Waals surface area (Å²) in [6.45, 7) is -0.0375. The Morgan fingerprint density at radius 3 is 2.24 bits per heavy atom. The molecule has 120 valence electrons. The molecule has 0 spiro atoms. The van der Waals surface area contributed by atoms with Gasteiger partial charge in [0, 0.05) is 5.54 Å². The van der Waals surface area contributed by atoms with E-state index in [1.807, 2.05) is 0 Å². The van der Waals surface area contributed by atoms with E-state index in [9.17, 15) is 18.3 Å². The molecule has 2 N–H and O–H groups in total. The van der Waals surface area contributed by atoms with E-state index in [1.165, 1.54) is 21.1 Å². The Balaban J connectivity index is 2.85. The number of aliphatic hydroxyl groups excluding tert-OH is 1. The summed E-state index contributed by atoms with van der Waals surface area (Å²) < 4.78 is 47.1. The first-order valence-corrected chi connectivity index (χ1v) is 6.36. The van der Waals surface area contributed by atoms with Gasteiger partial charge in [0.25, 0.3) is 0 Å². The molecule has 1 atom stereocenters. The highest BCUT2D eigenvalue weighted by Crippen LogP contribution is 2.29. The molecule has 1 aromatic rings. The van der Waals surface area contributed by atoms with Gasteiger partial charge in [-0.2, -0.15) is 13.2 Å². The molecule has 1 rings (SSSR count). The predicted octanol–water partition coefficient (Wildman–Crippen LogP) is 2.15. The highest BCUT2D eigenvalue weighted by molar-refractivity contribution is 5.43. The molecule has 21 heavy (non-hydrogen) atoms. The van der Waals surface area contributed by atoms with Gasteiger partial charge in [0.2, 0.25) is 0 Å². The van der Waals surface area contributed by atoms with E-state index in [-0.39, 0.29) is 6.42 Å². The molecule has 0 radical (unpaired) electrons. The third-order valence-electron chi connectivity index (χ3n) is 3.11. The number of alkyl halides is 3. The summed E-state index contributed by atoms with van der Waals surface area (Å²) >= 11 is 0. The van der Waals surface area contributed by atoms with Gasteiger partial charge >= 0.3 is 6.18 Å². The minimum absolute atomic E-state index is 0.222. The van der Waals surface area contributed by atoms with Crippen LogP contribution in [0.2, 0.25) is 0 Å². The normalized spacial score (nSPS) is 14.6. The predicted molar refractivity (Wildman–Crippen MR) is 72.8 cm³/mol. The number of methoxy groups -OCH3 is 2. The van der Waals surface area contributed by atoms with Gasteiger partial charge in [-0.25, -0.2) is 0 Å². The summed E-state index contributed by atoms with van der Waals surface area (Å²) in [6, 6.07) is 5.09. The second-order valence-corrected chi connectivity index (χ2v) is 5.05. The van der Waals surface area contributed by atoms with E-state index in [1.54, 1.807) is 18.2 Å². The summed E-state index contributed by atoms with van der Waals surface area (Å²) in [5.41, 5.74) is -0.339. The van der Waals surface area contributed by atoms with Crippen molar-refractivity contribution >= 4 is 0 Å². The summed E-state index contributed by atoms with van der Waals surface area (Å²) in [6.07, 6.45) is -4.10. The van der Waals surface area contributed by atoms with Crippen LogP contribution in [0.5, 0.6) is 11.5 Å². The zero-order chi connectivity index (χ0) is 16.1. The first-order valence-electron chi connectivity index (χ1n) is 6.36. The van der Waals surface area contributed by atoms with Crippen LogP contribution in [-0.2, 0) is 6.42 Å². The van der Waals surface area contributed by atoms with Crippen LogP contribution in [0.25, 0.3) is 0 Å². The fourth-order valence-corrected chi connectivity index (χ4v) is 1.93. The number of benzene rings is 1. The Morgan fingerprint density at radius 1 is 1.14 bits per heavy atom. The fraction of sp³-hybridized carbons (Fsp3) is 0.571. The van der Waals surface area contributed by atoms with Gasteiger partial charge in [-0.15, -0.1) is 0 Å². The molecule has 0 aromatic heterocycles. The molecular formula is C14H20F3NO3.